The lowest BCUT2D eigenvalue weighted by atomic mass is 10.1. The SMILES string of the molecule is CC(C)N1CCN(C(=O)CCn2c(=O)oc3cc(Cl)ccc32)C(C(N)=O)C1. The summed E-state index contributed by atoms with van der Waals surface area (Å²) in [6, 6.07) is 4.51. The molecular formula is C18H23ClN4O4. The summed E-state index contributed by atoms with van der Waals surface area (Å²) in [5.74, 6) is -1.28. The van der Waals surface area contributed by atoms with Crippen molar-refractivity contribution in [3.8, 4) is 0 Å². The number of nitrogens with zero attached hydrogens (tertiary/aromatic N) is 3. The molecule has 0 spiro atoms. The zero-order valence-corrected chi connectivity index (χ0v) is 16.1. The van der Waals surface area contributed by atoms with E-state index in [2.05, 4.69) is 4.90 Å². The normalized spacial score (nSPS) is 18.4. The van der Waals surface area contributed by atoms with Crippen molar-refractivity contribution >= 4 is 34.5 Å². The first-order chi connectivity index (χ1) is 12.8. The van der Waals surface area contributed by atoms with Gasteiger partial charge in [0.1, 0.15) is 6.04 Å². The summed E-state index contributed by atoms with van der Waals surface area (Å²) < 4.78 is 6.57. The van der Waals surface area contributed by atoms with E-state index in [1.54, 1.807) is 18.2 Å². The second kappa shape index (κ2) is 7.74. The minimum absolute atomic E-state index is 0.0720. The number of hydrogen-bond donors (Lipinski definition) is 1. The van der Waals surface area contributed by atoms with E-state index in [-0.39, 0.29) is 24.9 Å². The molecule has 0 aliphatic carbocycles. The van der Waals surface area contributed by atoms with Crippen molar-refractivity contribution in [3.05, 3.63) is 33.8 Å². The predicted molar refractivity (Wildman–Crippen MR) is 102 cm³/mol. The fraction of sp³-hybridized carbons (Fsp3) is 0.500. The topological polar surface area (TPSA) is 102 Å². The van der Waals surface area contributed by atoms with Crippen LogP contribution < -0.4 is 11.5 Å². The van der Waals surface area contributed by atoms with Crippen LogP contribution in [0.15, 0.2) is 27.4 Å². The highest BCUT2D eigenvalue weighted by Gasteiger charge is 2.34. The number of piperazine rings is 1. The summed E-state index contributed by atoms with van der Waals surface area (Å²) >= 11 is 5.91. The lowest BCUT2D eigenvalue weighted by Crippen LogP contribution is -2.61. The average Bonchev–Trinajstić information content (AvgIpc) is 2.93. The molecule has 27 heavy (non-hydrogen) atoms. The van der Waals surface area contributed by atoms with Gasteiger partial charge in [0.25, 0.3) is 0 Å². The van der Waals surface area contributed by atoms with Crippen LogP contribution in [0.4, 0.5) is 0 Å². The van der Waals surface area contributed by atoms with Gasteiger partial charge in [0.2, 0.25) is 11.8 Å². The Balaban J connectivity index is 1.73. The van der Waals surface area contributed by atoms with E-state index in [1.807, 2.05) is 13.8 Å². The highest BCUT2D eigenvalue weighted by Crippen LogP contribution is 2.19. The first kappa shape index (κ1) is 19.4. The predicted octanol–water partition coefficient (Wildman–Crippen LogP) is 1.04. The monoisotopic (exact) mass is 394 g/mol. The van der Waals surface area contributed by atoms with Crippen LogP contribution >= 0.6 is 11.6 Å². The minimum atomic E-state index is -0.662. The van der Waals surface area contributed by atoms with E-state index in [9.17, 15) is 14.4 Å². The number of benzene rings is 1. The van der Waals surface area contributed by atoms with Gasteiger partial charge in [0.05, 0.1) is 5.52 Å². The van der Waals surface area contributed by atoms with E-state index < -0.39 is 17.7 Å². The van der Waals surface area contributed by atoms with Gasteiger partial charge in [-0.2, -0.15) is 0 Å². The van der Waals surface area contributed by atoms with Gasteiger partial charge in [-0.1, -0.05) is 11.6 Å². The van der Waals surface area contributed by atoms with Gasteiger partial charge in [0.15, 0.2) is 5.58 Å². The fourth-order valence-electron chi connectivity index (χ4n) is 3.42. The van der Waals surface area contributed by atoms with Crippen molar-refractivity contribution in [2.24, 2.45) is 5.73 Å². The molecule has 146 valence electrons. The fourth-order valence-corrected chi connectivity index (χ4v) is 3.58. The molecule has 1 aliphatic rings. The highest BCUT2D eigenvalue weighted by atomic mass is 35.5. The Morgan fingerprint density at radius 3 is 2.74 bits per heavy atom. The number of carbonyl (C=O) groups is 2. The molecule has 1 aromatic heterocycles. The molecule has 2 heterocycles. The molecule has 0 bridgehead atoms. The van der Waals surface area contributed by atoms with Gasteiger partial charge in [0, 0.05) is 49.7 Å². The summed E-state index contributed by atoms with van der Waals surface area (Å²) in [5, 5.41) is 0.465. The maximum atomic E-state index is 12.7. The number of carbonyl (C=O) groups excluding carboxylic acids is 2. The van der Waals surface area contributed by atoms with Crippen molar-refractivity contribution in [3.63, 3.8) is 0 Å². The Hall–Kier alpha value is -2.32. The number of halogens is 1. The molecule has 1 aliphatic heterocycles. The summed E-state index contributed by atoms with van der Waals surface area (Å²) in [6.45, 7) is 5.77. The number of nitrogens with two attached hydrogens (primary N) is 1. The average molecular weight is 395 g/mol. The summed E-state index contributed by atoms with van der Waals surface area (Å²) in [4.78, 5) is 40.3. The minimum Gasteiger partial charge on any atom is -0.408 e. The van der Waals surface area contributed by atoms with E-state index >= 15 is 0 Å². The molecule has 9 heteroatoms. The second-order valence-electron chi connectivity index (χ2n) is 6.98. The molecule has 1 saturated heterocycles. The van der Waals surface area contributed by atoms with Crippen molar-refractivity contribution in [2.75, 3.05) is 19.6 Å². The number of aryl methyl sites for hydroxylation is 1. The number of amides is 2. The standard InChI is InChI=1S/C18H23ClN4O4/c1-11(2)21-7-8-22(14(10-21)17(20)25)16(24)5-6-23-13-4-3-12(19)9-15(13)27-18(23)26/h3-4,9,11,14H,5-8,10H2,1-2H3,(H2,20,25). The van der Waals surface area contributed by atoms with Crippen molar-refractivity contribution in [1.82, 2.24) is 14.4 Å². The molecule has 1 fully saturated rings. The number of aromatic nitrogens is 1. The first-order valence-electron chi connectivity index (χ1n) is 8.89. The first-order valence-corrected chi connectivity index (χ1v) is 9.27. The maximum absolute atomic E-state index is 12.7. The number of rotatable bonds is 5. The molecule has 1 aromatic carbocycles. The van der Waals surface area contributed by atoms with Gasteiger partial charge in [-0.05, 0) is 26.0 Å². The van der Waals surface area contributed by atoms with Crippen LogP contribution in [0.1, 0.15) is 20.3 Å². The van der Waals surface area contributed by atoms with Crippen molar-refractivity contribution in [2.45, 2.75) is 38.9 Å². The molecule has 0 saturated carbocycles. The molecular weight excluding hydrogens is 372 g/mol. The number of fused-ring (bicyclic) bond motifs is 1. The lowest BCUT2D eigenvalue weighted by molar-refractivity contribution is -0.143. The quantitative estimate of drug-likeness (QED) is 0.816. The van der Waals surface area contributed by atoms with E-state index in [4.69, 9.17) is 21.8 Å². The van der Waals surface area contributed by atoms with Gasteiger partial charge in [-0.15, -0.1) is 0 Å². The zero-order chi connectivity index (χ0) is 19.7. The van der Waals surface area contributed by atoms with E-state index in [0.717, 1.165) is 0 Å². The molecule has 0 radical (unpaired) electrons. The molecule has 1 unspecified atom stereocenters. The molecule has 2 aromatic rings. The Morgan fingerprint density at radius 1 is 1.33 bits per heavy atom. The van der Waals surface area contributed by atoms with E-state index in [1.165, 1.54) is 9.47 Å². The second-order valence-corrected chi connectivity index (χ2v) is 7.41. The maximum Gasteiger partial charge on any atom is 0.419 e. The largest absolute Gasteiger partial charge is 0.419 e. The Labute approximate surface area is 161 Å². The zero-order valence-electron chi connectivity index (χ0n) is 15.4. The van der Waals surface area contributed by atoms with Crippen LogP contribution in [0.5, 0.6) is 0 Å². The number of oxazole rings is 1. The van der Waals surface area contributed by atoms with Gasteiger partial charge >= 0.3 is 5.76 Å². The molecule has 1 atom stereocenters. The highest BCUT2D eigenvalue weighted by molar-refractivity contribution is 6.31. The summed E-state index contributed by atoms with van der Waals surface area (Å²) in [6.07, 6.45) is 0.0720. The van der Waals surface area contributed by atoms with Crippen molar-refractivity contribution < 1.29 is 14.0 Å². The third-order valence-corrected chi connectivity index (χ3v) is 5.21. The van der Waals surface area contributed by atoms with Crippen LogP contribution in [0.25, 0.3) is 11.1 Å². The summed E-state index contributed by atoms with van der Waals surface area (Å²) in [7, 11) is 0. The van der Waals surface area contributed by atoms with Crippen LogP contribution in [-0.2, 0) is 16.1 Å². The third kappa shape index (κ3) is 4.01. The third-order valence-electron chi connectivity index (χ3n) is 4.97. The Kier molecular flexibility index (Phi) is 5.57. The van der Waals surface area contributed by atoms with Crippen molar-refractivity contribution in [1.29, 1.82) is 0 Å². The molecule has 2 amide bonds. The molecule has 2 N–H and O–H groups in total. The van der Waals surface area contributed by atoms with Gasteiger partial charge in [-0.3, -0.25) is 19.1 Å². The van der Waals surface area contributed by atoms with Gasteiger partial charge in [-0.25, -0.2) is 4.79 Å². The number of primary amides is 1. The van der Waals surface area contributed by atoms with E-state index in [0.29, 0.717) is 35.8 Å². The Morgan fingerprint density at radius 2 is 2.07 bits per heavy atom. The van der Waals surface area contributed by atoms with Crippen LogP contribution in [0.3, 0.4) is 0 Å². The van der Waals surface area contributed by atoms with Crippen LogP contribution in [0, 0.1) is 0 Å². The van der Waals surface area contributed by atoms with Gasteiger partial charge < -0.3 is 15.1 Å². The number of hydrogen-bond acceptors (Lipinski definition) is 5. The smallest absolute Gasteiger partial charge is 0.408 e. The van der Waals surface area contributed by atoms with Crippen LogP contribution in [-0.4, -0.2) is 57.9 Å². The van der Waals surface area contributed by atoms with Crippen LogP contribution in [0.2, 0.25) is 5.02 Å². The molecule has 3 rings (SSSR count). The Bertz CT molecular complexity index is 920. The summed E-state index contributed by atoms with van der Waals surface area (Å²) in [5.41, 5.74) is 6.47. The lowest BCUT2D eigenvalue weighted by Gasteiger charge is -2.41. The molecule has 8 nitrogen and oxygen atoms in total.